The molecule has 3 heterocycles. The van der Waals surface area contributed by atoms with Crippen LogP contribution in [0.25, 0.3) is 32.3 Å². The van der Waals surface area contributed by atoms with Crippen molar-refractivity contribution >= 4 is 44.6 Å². The van der Waals surface area contributed by atoms with Crippen molar-refractivity contribution in [2.75, 3.05) is 6.79 Å². The lowest BCUT2D eigenvalue weighted by Crippen LogP contribution is -1.92. The molecule has 8 heteroatoms. The molecule has 1 aliphatic rings. The van der Waals surface area contributed by atoms with Gasteiger partial charge < -0.3 is 13.9 Å². The van der Waals surface area contributed by atoms with E-state index in [-0.39, 0.29) is 6.79 Å². The van der Waals surface area contributed by atoms with Crippen molar-refractivity contribution < 1.29 is 13.9 Å². The summed E-state index contributed by atoms with van der Waals surface area (Å²) in [5, 5.41) is 10.4. The molecule has 4 aromatic rings. The first kappa shape index (κ1) is 15.0. The quantitative estimate of drug-likeness (QED) is 0.442. The van der Waals surface area contributed by atoms with Gasteiger partial charge in [0.15, 0.2) is 11.5 Å². The van der Waals surface area contributed by atoms with Crippen LogP contribution in [0.1, 0.15) is 0 Å². The number of ether oxygens (including phenoxy) is 2. The molecule has 0 bridgehead atoms. The Morgan fingerprint density at radius 2 is 1.76 bits per heavy atom. The highest BCUT2D eigenvalue weighted by Gasteiger charge is 2.20. The van der Waals surface area contributed by atoms with Crippen LogP contribution >= 0.6 is 34.5 Å². The van der Waals surface area contributed by atoms with Gasteiger partial charge in [-0.1, -0.05) is 29.3 Å². The van der Waals surface area contributed by atoms with Crippen molar-refractivity contribution in [3.63, 3.8) is 0 Å². The van der Waals surface area contributed by atoms with E-state index < -0.39 is 0 Å². The highest BCUT2D eigenvalue weighted by molar-refractivity contribution is 7.23. The van der Waals surface area contributed by atoms with Crippen molar-refractivity contribution in [3.05, 3.63) is 46.4 Å². The molecule has 2 aromatic heterocycles. The molecule has 0 saturated heterocycles. The summed E-state index contributed by atoms with van der Waals surface area (Å²) in [6, 6.07) is 11.0. The van der Waals surface area contributed by atoms with Crippen LogP contribution in [0.3, 0.4) is 0 Å². The minimum atomic E-state index is 0.216. The molecule has 0 unspecified atom stereocenters. The van der Waals surface area contributed by atoms with Crippen molar-refractivity contribution in [2.24, 2.45) is 0 Å². The third kappa shape index (κ3) is 2.45. The predicted molar refractivity (Wildman–Crippen MR) is 96.7 cm³/mol. The summed E-state index contributed by atoms with van der Waals surface area (Å²) < 4.78 is 17.5. The third-order valence-electron chi connectivity index (χ3n) is 3.83. The highest BCUT2D eigenvalue weighted by atomic mass is 35.5. The minimum Gasteiger partial charge on any atom is -0.454 e. The Bertz CT molecular complexity index is 1120. The van der Waals surface area contributed by atoms with E-state index >= 15 is 0 Å². The number of hydrogen-bond acceptors (Lipinski definition) is 6. The Morgan fingerprint density at radius 1 is 0.920 bits per heavy atom. The molecule has 124 valence electrons. The summed E-state index contributed by atoms with van der Waals surface area (Å²) in [4.78, 5) is 0.721. The number of thiophene rings is 1. The lowest BCUT2D eigenvalue weighted by Gasteiger charge is -1.97. The number of halogens is 2. The van der Waals surface area contributed by atoms with Gasteiger partial charge in [-0.25, -0.2) is 0 Å². The van der Waals surface area contributed by atoms with Crippen LogP contribution in [0, 0.1) is 0 Å². The molecule has 0 fully saturated rings. The summed E-state index contributed by atoms with van der Waals surface area (Å²) in [5.41, 5.74) is 0.753. The molecular weight excluding hydrogens is 383 g/mol. The van der Waals surface area contributed by atoms with Gasteiger partial charge in [0.1, 0.15) is 4.88 Å². The molecule has 5 nitrogen and oxygen atoms in total. The fourth-order valence-corrected chi connectivity index (χ4v) is 4.35. The smallest absolute Gasteiger partial charge is 0.259 e. The largest absolute Gasteiger partial charge is 0.454 e. The number of nitrogens with zero attached hydrogens (tertiary/aromatic N) is 2. The number of rotatable bonds is 2. The zero-order valence-electron chi connectivity index (χ0n) is 12.5. The first-order valence-electron chi connectivity index (χ1n) is 7.30. The van der Waals surface area contributed by atoms with E-state index in [4.69, 9.17) is 37.1 Å². The Labute approximate surface area is 155 Å². The lowest BCUT2D eigenvalue weighted by atomic mass is 10.2. The van der Waals surface area contributed by atoms with Crippen LogP contribution in [-0.4, -0.2) is 17.0 Å². The van der Waals surface area contributed by atoms with Gasteiger partial charge in [0, 0.05) is 20.7 Å². The predicted octanol–water partition coefficient (Wildman–Crippen LogP) is 5.65. The average Bonchev–Trinajstić information content (AvgIpc) is 3.32. The van der Waals surface area contributed by atoms with Crippen LogP contribution in [0.15, 0.2) is 40.8 Å². The van der Waals surface area contributed by atoms with E-state index in [2.05, 4.69) is 10.2 Å². The molecule has 0 spiro atoms. The second-order valence-electron chi connectivity index (χ2n) is 5.37. The molecule has 0 radical (unpaired) electrons. The van der Waals surface area contributed by atoms with E-state index in [0.29, 0.717) is 33.3 Å². The van der Waals surface area contributed by atoms with Gasteiger partial charge in [-0.15, -0.1) is 21.5 Å². The van der Waals surface area contributed by atoms with Crippen molar-refractivity contribution in [2.45, 2.75) is 0 Å². The maximum Gasteiger partial charge on any atom is 0.259 e. The molecule has 25 heavy (non-hydrogen) atoms. The number of benzene rings is 2. The van der Waals surface area contributed by atoms with E-state index in [1.807, 2.05) is 30.3 Å². The highest BCUT2D eigenvalue weighted by Crippen LogP contribution is 2.43. The molecule has 5 rings (SSSR count). The van der Waals surface area contributed by atoms with Crippen LogP contribution in [0.2, 0.25) is 10.0 Å². The van der Waals surface area contributed by atoms with Gasteiger partial charge in [-0.05, 0) is 30.3 Å². The van der Waals surface area contributed by atoms with E-state index in [0.717, 1.165) is 20.5 Å². The topological polar surface area (TPSA) is 57.4 Å². The summed E-state index contributed by atoms with van der Waals surface area (Å²) >= 11 is 14.0. The maximum atomic E-state index is 6.48. The Morgan fingerprint density at radius 3 is 2.68 bits per heavy atom. The molecule has 0 amide bonds. The van der Waals surface area contributed by atoms with Gasteiger partial charge in [-0.3, -0.25) is 0 Å². The number of hydrogen-bond donors (Lipinski definition) is 0. The third-order valence-corrected chi connectivity index (χ3v) is 5.71. The van der Waals surface area contributed by atoms with Gasteiger partial charge >= 0.3 is 0 Å². The fourth-order valence-electron chi connectivity index (χ4n) is 2.64. The Hall–Kier alpha value is -2.28. The fraction of sp³-hybridized carbons (Fsp3) is 0.0588. The standard InChI is InChI=1S/C17H8Cl2N2O3S/c18-9-2-3-10-13(6-9)25-15(14(10)19)17-21-20-16(24-17)8-1-4-11-12(5-8)23-7-22-11/h1-6H,7H2. The molecule has 1 aliphatic heterocycles. The Balaban J connectivity index is 1.58. The normalized spacial score (nSPS) is 12.9. The summed E-state index contributed by atoms with van der Waals surface area (Å²) in [7, 11) is 0. The van der Waals surface area contributed by atoms with Crippen molar-refractivity contribution in [1.82, 2.24) is 10.2 Å². The minimum absolute atomic E-state index is 0.216. The van der Waals surface area contributed by atoms with Crippen molar-refractivity contribution in [1.29, 1.82) is 0 Å². The zero-order chi connectivity index (χ0) is 17.0. The van der Waals surface area contributed by atoms with Crippen LogP contribution in [-0.2, 0) is 0 Å². The van der Waals surface area contributed by atoms with E-state index in [1.165, 1.54) is 11.3 Å². The zero-order valence-corrected chi connectivity index (χ0v) is 14.8. The van der Waals surface area contributed by atoms with Crippen molar-refractivity contribution in [3.8, 4) is 33.7 Å². The summed E-state index contributed by atoms with van der Waals surface area (Å²) in [6.07, 6.45) is 0. The molecule has 0 atom stereocenters. The van der Waals surface area contributed by atoms with Gasteiger partial charge in [0.05, 0.1) is 5.02 Å². The summed E-state index contributed by atoms with van der Waals surface area (Å²) in [5.74, 6) is 2.12. The first-order chi connectivity index (χ1) is 12.2. The molecule has 2 aromatic carbocycles. The number of aromatic nitrogens is 2. The van der Waals surface area contributed by atoms with E-state index in [9.17, 15) is 0 Å². The maximum absolute atomic E-state index is 6.48. The van der Waals surface area contributed by atoms with Gasteiger partial charge in [0.25, 0.3) is 5.89 Å². The molecular formula is C17H8Cl2N2O3S. The average molecular weight is 391 g/mol. The lowest BCUT2D eigenvalue weighted by molar-refractivity contribution is 0.174. The van der Waals surface area contributed by atoms with Crippen LogP contribution < -0.4 is 9.47 Å². The molecule has 0 aliphatic carbocycles. The van der Waals surface area contributed by atoms with Gasteiger partial charge in [0.2, 0.25) is 12.7 Å². The number of fused-ring (bicyclic) bond motifs is 2. The Kier molecular flexibility index (Phi) is 3.38. The molecule has 0 N–H and O–H groups in total. The second-order valence-corrected chi connectivity index (χ2v) is 7.23. The SMILES string of the molecule is Clc1ccc2c(Cl)c(-c3nnc(-c4ccc5c(c4)OCO5)o3)sc2c1. The van der Waals surface area contributed by atoms with Crippen LogP contribution in [0.4, 0.5) is 0 Å². The second kappa shape index (κ2) is 5.62. The van der Waals surface area contributed by atoms with Gasteiger partial charge in [-0.2, -0.15) is 0 Å². The summed E-state index contributed by atoms with van der Waals surface area (Å²) in [6.45, 7) is 0.216. The van der Waals surface area contributed by atoms with E-state index in [1.54, 1.807) is 6.07 Å². The monoisotopic (exact) mass is 390 g/mol. The first-order valence-corrected chi connectivity index (χ1v) is 8.88. The molecule has 0 saturated carbocycles. The van der Waals surface area contributed by atoms with Crippen LogP contribution in [0.5, 0.6) is 11.5 Å².